The fraction of sp³-hybridized carbons (Fsp3) is 0.231. The highest BCUT2D eigenvalue weighted by atomic mass is 16.1. The number of rotatable bonds is 4. The molecule has 0 bridgehead atoms. The quantitative estimate of drug-likeness (QED) is 0.462. The van der Waals surface area contributed by atoms with Crippen LogP contribution in [0, 0.1) is 5.92 Å². The first-order valence-electron chi connectivity index (χ1n) is 10.9. The minimum atomic E-state index is -0.143. The van der Waals surface area contributed by atoms with Crippen molar-refractivity contribution in [3.8, 4) is 11.3 Å². The molecule has 3 heterocycles. The second kappa shape index (κ2) is 8.38. The Balaban J connectivity index is 1.47. The van der Waals surface area contributed by atoms with E-state index >= 15 is 0 Å². The van der Waals surface area contributed by atoms with Gasteiger partial charge in [0.2, 0.25) is 5.95 Å². The Morgan fingerprint density at radius 2 is 1.81 bits per heavy atom. The Bertz CT molecular complexity index is 1340. The van der Waals surface area contributed by atoms with E-state index in [1.54, 1.807) is 30.1 Å². The number of ketones is 1. The molecule has 0 spiro atoms. The van der Waals surface area contributed by atoms with E-state index in [2.05, 4.69) is 9.88 Å². The molecule has 0 N–H and O–H groups in total. The van der Waals surface area contributed by atoms with Gasteiger partial charge in [-0.15, -0.1) is 0 Å². The lowest BCUT2D eigenvalue weighted by atomic mass is 9.88. The lowest BCUT2D eigenvalue weighted by Gasteiger charge is -2.33. The highest BCUT2D eigenvalue weighted by molar-refractivity contribution is 6.09. The molecular weight excluding hydrogens is 400 g/mol. The summed E-state index contributed by atoms with van der Waals surface area (Å²) in [5.41, 5.74) is 2.11. The maximum absolute atomic E-state index is 13.5. The van der Waals surface area contributed by atoms with E-state index in [9.17, 15) is 9.59 Å². The first-order valence-corrected chi connectivity index (χ1v) is 10.9. The van der Waals surface area contributed by atoms with Crippen molar-refractivity contribution in [3.63, 3.8) is 0 Å². The maximum atomic E-state index is 13.5. The van der Waals surface area contributed by atoms with Gasteiger partial charge in [0.15, 0.2) is 5.78 Å². The SMILES string of the molecule is Cn1c(N2CCCC(C(=O)c3cccc4ccccc34)C2)nc(-c2ccncc2)cc1=O. The molecule has 32 heavy (non-hydrogen) atoms. The van der Waals surface area contributed by atoms with Crippen molar-refractivity contribution < 1.29 is 4.79 Å². The van der Waals surface area contributed by atoms with E-state index in [-0.39, 0.29) is 17.3 Å². The smallest absolute Gasteiger partial charge is 0.255 e. The molecule has 5 rings (SSSR count). The molecule has 1 saturated heterocycles. The summed E-state index contributed by atoms with van der Waals surface area (Å²) in [6.45, 7) is 1.31. The molecular formula is C26H24N4O2. The average Bonchev–Trinajstić information content (AvgIpc) is 2.85. The van der Waals surface area contributed by atoms with Crippen molar-refractivity contribution in [2.75, 3.05) is 18.0 Å². The number of hydrogen-bond acceptors (Lipinski definition) is 5. The summed E-state index contributed by atoms with van der Waals surface area (Å²) in [4.78, 5) is 37.1. The van der Waals surface area contributed by atoms with Crippen LogP contribution in [0.2, 0.25) is 0 Å². The number of fused-ring (bicyclic) bond motifs is 1. The fourth-order valence-electron chi connectivity index (χ4n) is 4.51. The Labute approximate surface area is 186 Å². The van der Waals surface area contributed by atoms with E-state index in [1.165, 1.54) is 0 Å². The zero-order valence-corrected chi connectivity index (χ0v) is 17.9. The maximum Gasteiger partial charge on any atom is 0.255 e. The van der Waals surface area contributed by atoms with Gasteiger partial charge in [0.25, 0.3) is 5.56 Å². The standard InChI is InChI=1S/C26H24N4O2/c1-29-24(31)16-23(19-11-13-27-14-12-19)28-26(29)30-15-5-8-20(17-30)25(32)22-10-4-7-18-6-2-3-9-21(18)22/h2-4,6-7,9-14,16,20H,5,8,15,17H2,1H3. The monoisotopic (exact) mass is 424 g/mol. The first kappa shape index (κ1) is 20.1. The van der Waals surface area contributed by atoms with Crippen LogP contribution < -0.4 is 10.5 Å². The van der Waals surface area contributed by atoms with E-state index in [0.29, 0.717) is 18.2 Å². The number of carbonyl (C=O) groups is 1. The van der Waals surface area contributed by atoms with Gasteiger partial charge in [-0.25, -0.2) is 4.98 Å². The predicted octanol–water partition coefficient (Wildman–Crippen LogP) is 4.09. The van der Waals surface area contributed by atoms with Crippen molar-refractivity contribution in [1.29, 1.82) is 0 Å². The van der Waals surface area contributed by atoms with Crippen LogP contribution in [-0.2, 0) is 7.05 Å². The molecule has 1 unspecified atom stereocenters. The highest BCUT2D eigenvalue weighted by Gasteiger charge is 2.29. The van der Waals surface area contributed by atoms with Gasteiger partial charge in [-0.05, 0) is 35.7 Å². The van der Waals surface area contributed by atoms with E-state index < -0.39 is 0 Å². The molecule has 1 fully saturated rings. The molecule has 0 saturated carbocycles. The third-order valence-corrected chi connectivity index (χ3v) is 6.22. The van der Waals surface area contributed by atoms with Gasteiger partial charge in [0.1, 0.15) is 0 Å². The van der Waals surface area contributed by atoms with Crippen LogP contribution in [0.4, 0.5) is 5.95 Å². The minimum absolute atomic E-state index is 0.121. The number of anilines is 1. The van der Waals surface area contributed by atoms with Gasteiger partial charge in [-0.1, -0.05) is 42.5 Å². The number of Topliss-reactive ketones (excluding diaryl/α,β-unsaturated/α-hetero) is 1. The van der Waals surface area contributed by atoms with Crippen molar-refractivity contribution in [1.82, 2.24) is 14.5 Å². The predicted molar refractivity (Wildman–Crippen MR) is 126 cm³/mol. The van der Waals surface area contributed by atoms with E-state index in [4.69, 9.17) is 4.98 Å². The summed E-state index contributed by atoms with van der Waals surface area (Å²) < 4.78 is 1.56. The molecule has 1 atom stereocenters. The zero-order chi connectivity index (χ0) is 22.1. The third kappa shape index (κ3) is 3.68. The zero-order valence-electron chi connectivity index (χ0n) is 17.9. The van der Waals surface area contributed by atoms with Gasteiger partial charge < -0.3 is 4.90 Å². The van der Waals surface area contributed by atoms with Crippen LogP contribution in [-0.4, -0.2) is 33.4 Å². The summed E-state index contributed by atoms with van der Waals surface area (Å²) in [6, 6.07) is 19.1. The summed E-state index contributed by atoms with van der Waals surface area (Å²) in [5.74, 6) is 0.609. The molecule has 6 heteroatoms. The molecule has 4 aromatic rings. The molecule has 1 aliphatic heterocycles. The number of aromatic nitrogens is 3. The van der Waals surface area contributed by atoms with E-state index in [0.717, 1.165) is 41.3 Å². The van der Waals surface area contributed by atoms with Gasteiger partial charge in [0, 0.05) is 55.6 Å². The molecule has 2 aromatic heterocycles. The number of piperidine rings is 1. The summed E-state index contributed by atoms with van der Waals surface area (Å²) in [5, 5.41) is 2.06. The number of hydrogen-bond donors (Lipinski definition) is 0. The lowest BCUT2D eigenvalue weighted by Crippen LogP contribution is -2.42. The summed E-state index contributed by atoms with van der Waals surface area (Å²) in [6.07, 6.45) is 5.08. The molecule has 0 aliphatic carbocycles. The molecule has 0 amide bonds. The Kier molecular flexibility index (Phi) is 5.27. The molecule has 6 nitrogen and oxygen atoms in total. The van der Waals surface area contributed by atoms with Crippen LogP contribution in [0.3, 0.4) is 0 Å². The fourth-order valence-corrected chi connectivity index (χ4v) is 4.51. The third-order valence-electron chi connectivity index (χ3n) is 6.22. The Morgan fingerprint density at radius 1 is 1.03 bits per heavy atom. The number of carbonyl (C=O) groups excluding carboxylic acids is 1. The van der Waals surface area contributed by atoms with Crippen LogP contribution in [0.5, 0.6) is 0 Å². The number of benzene rings is 2. The number of pyridine rings is 1. The van der Waals surface area contributed by atoms with Gasteiger partial charge in [0.05, 0.1) is 5.69 Å². The van der Waals surface area contributed by atoms with E-state index in [1.807, 2.05) is 54.6 Å². The van der Waals surface area contributed by atoms with Crippen molar-refractivity contribution in [3.05, 3.63) is 89.0 Å². The van der Waals surface area contributed by atoms with Crippen LogP contribution in [0.25, 0.3) is 22.0 Å². The Morgan fingerprint density at radius 3 is 2.66 bits per heavy atom. The summed E-state index contributed by atoms with van der Waals surface area (Å²) in [7, 11) is 1.73. The van der Waals surface area contributed by atoms with Gasteiger partial charge in [-0.3, -0.25) is 19.1 Å². The Hall–Kier alpha value is -3.80. The second-order valence-corrected chi connectivity index (χ2v) is 8.25. The lowest BCUT2D eigenvalue weighted by molar-refractivity contribution is 0.0908. The highest BCUT2D eigenvalue weighted by Crippen LogP contribution is 2.28. The van der Waals surface area contributed by atoms with Crippen molar-refractivity contribution in [2.45, 2.75) is 12.8 Å². The summed E-state index contributed by atoms with van der Waals surface area (Å²) >= 11 is 0. The van der Waals surface area contributed by atoms with Crippen LogP contribution >= 0.6 is 0 Å². The van der Waals surface area contributed by atoms with Gasteiger partial charge >= 0.3 is 0 Å². The van der Waals surface area contributed by atoms with Crippen molar-refractivity contribution in [2.24, 2.45) is 13.0 Å². The van der Waals surface area contributed by atoms with Crippen molar-refractivity contribution >= 4 is 22.5 Å². The second-order valence-electron chi connectivity index (χ2n) is 8.25. The molecule has 160 valence electrons. The largest absolute Gasteiger partial charge is 0.341 e. The number of nitrogens with zero attached hydrogens (tertiary/aromatic N) is 4. The minimum Gasteiger partial charge on any atom is -0.341 e. The van der Waals surface area contributed by atoms with Crippen LogP contribution in [0.15, 0.2) is 77.9 Å². The average molecular weight is 425 g/mol. The molecule has 0 radical (unpaired) electrons. The molecule has 1 aliphatic rings. The van der Waals surface area contributed by atoms with Gasteiger partial charge in [-0.2, -0.15) is 0 Å². The first-order chi connectivity index (χ1) is 15.6. The van der Waals surface area contributed by atoms with Crippen LogP contribution in [0.1, 0.15) is 23.2 Å². The normalized spacial score (nSPS) is 16.3. The molecule has 2 aromatic carbocycles. The topological polar surface area (TPSA) is 68.1 Å².